The van der Waals surface area contributed by atoms with E-state index < -0.39 is 29.6 Å². The number of carbonyl (C=O) groups is 3. The van der Waals surface area contributed by atoms with E-state index in [0.29, 0.717) is 16.3 Å². The molecule has 2 N–H and O–H groups in total. The second kappa shape index (κ2) is 13.3. The fourth-order valence-electron chi connectivity index (χ4n) is 3.76. The van der Waals surface area contributed by atoms with E-state index in [1.165, 1.54) is 35.3 Å². The standard InChI is InChI=1S/C28H24ClFN6O4/c1-2-40-28(39)20-8-11-23(22(30)16-20)33-27(38)24(14-18-6-4-3-5-7-18)32-26(37)13-9-19-15-21(29)10-12-25(19)36-17-31-34-35-36/h3-13,15-17,24H,2,14H2,1H3,(H,32,37)(H,33,38)/t24-/m0/s1. The Labute approximate surface area is 233 Å². The number of hydrogen-bond donors (Lipinski definition) is 2. The lowest BCUT2D eigenvalue weighted by Gasteiger charge is -2.18. The quantitative estimate of drug-likeness (QED) is 0.221. The molecule has 0 unspecified atom stereocenters. The van der Waals surface area contributed by atoms with Crippen LogP contribution in [0.15, 0.2) is 79.1 Å². The number of hydrogen-bond acceptors (Lipinski definition) is 7. The third-order valence-electron chi connectivity index (χ3n) is 5.65. The van der Waals surface area contributed by atoms with E-state index in [1.54, 1.807) is 49.4 Å². The van der Waals surface area contributed by atoms with Crippen molar-refractivity contribution in [3.05, 3.63) is 107 Å². The van der Waals surface area contributed by atoms with Gasteiger partial charge in [-0.2, -0.15) is 4.68 Å². The second-order valence-corrected chi connectivity index (χ2v) is 8.88. The molecule has 204 valence electrons. The molecular formula is C28H24ClFN6O4. The summed E-state index contributed by atoms with van der Waals surface area (Å²) in [4.78, 5) is 38.0. The molecule has 3 aromatic carbocycles. The van der Waals surface area contributed by atoms with Gasteiger partial charge in [0.05, 0.1) is 23.5 Å². The van der Waals surface area contributed by atoms with E-state index in [1.807, 2.05) is 6.07 Å². The number of benzene rings is 3. The summed E-state index contributed by atoms with van der Waals surface area (Å²) in [5.74, 6) is -2.72. The van der Waals surface area contributed by atoms with Gasteiger partial charge in [0.1, 0.15) is 18.2 Å². The van der Waals surface area contributed by atoms with E-state index in [0.717, 1.165) is 11.6 Å². The molecule has 0 fully saturated rings. The van der Waals surface area contributed by atoms with E-state index in [2.05, 4.69) is 26.2 Å². The summed E-state index contributed by atoms with van der Waals surface area (Å²) in [5.41, 5.74) is 1.78. The van der Waals surface area contributed by atoms with Gasteiger partial charge in [-0.1, -0.05) is 41.9 Å². The number of rotatable bonds is 10. The minimum Gasteiger partial charge on any atom is -0.462 e. The van der Waals surface area contributed by atoms with Crippen molar-refractivity contribution in [2.45, 2.75) is 19.4 Å². The molecule has 10 nitrogen and oxygen atoms in total. The topological polar surface area (TPSA) is 128 Å². The molecule has 0 radical (unpaired) electrons. The maximum Gasteiger partial charge on any atom is 0.338 e. The SMILES string of the molecule is CCOC(=O)c1ccc(NC(=O)[C@H](Cc2ccccc2)NC(=O)C=Cc2cc(Cl)ccc2-n2cnnn2)c(F)c1. The van der Waals surface area contributed by atoms with Crippen LogP contribution in [0.5, 0.6) is 0 Å². The number of aromatic nitrogens is 4. The molecule has 1 atom stereocenters. The summed E-state index contributed by atoms with van der Waals surface area (Å²) in [5, 5.41) is 16.7. The minimum absolute atomic E-state index is 0.0127. The lowest BCUT2D eigenvalue weighted by Crippen LogP contribution is -2.44. The lowest BCUT2D eigenvalue weighted by molar-refractivity contribution is -0.123. The van der Waals surface area contributed by atoms with Crippen molar-refractivity contribution in [3.8, 4) is 5.69 Å². The van der Waals surface area contributed by atoms with Crippen molar-refractivity contribution in [3.63, 3.8) is 0 Å². The predicted molar refractivity (Wildman–Crippen MR) is 146 cm³/mol. The zero-order valence-corrected chi connectivity index (χ0v) is 22.0. The van der Waals surface area contributed by atoms with Crippen LogP contribution in [0.2, 0.25) is 5.02 Å². The van der Waals surface area contributed by atoms with Crippen LogP contribution in [-0.2, 0) is 20.7 Å². The molecule has 1 heterocycles. The zero-order valence-electron chi connectivity index (χ0n) is 21.3. The molecule has 0 aliphatic carbocycles. The third-order valence-corrected chi connectivity index (χ3v) is 5.89. The third kappa shape index (κ3) is 7.35. The summed E-state index contributed by atoms with van der Waals surface area (Å²) in [6.07, 6.45) is 4.31. The van der Waals surface area contributed by atoms with Crippen LogP contribution in [-0.4, -0.2) is 50.6 Å². The van der Waals surface area contributed by atoms with Gasteiger partial charge in [0.15, 0.2) is 0 Å². The van der Waals surface area contributed by atoms with Crippen LogP contribution in [0, 0.1) is 5.82 Å². The first-order chi connectivity index (χ1) is 19.3. The fourth-order valence-corrected chi connectivity index (χ4v) is 3.94. The van der Waals surface area contributed by atoms with Crippen molar-refractivity contribution < 1.29 is 23.5 Å². The largest absolute Gasteiger partial charge is 0.462 e. The number of nitrogens with zero attached hydrogens (tertiary/aromatic N) is 4. The number of halogens is 2. The highest BCUT2D eigenvalue weighted by molar-refractivity contribution is 6.30. The van der Waals surface area contributed by atoms with Crippen molar-refractivity contribution in [1.29, 1.82) is 0 Å². The van der Waals surface area contributed by atoms with Crippen LogP contribution in [0.1, 0.15) is 28.4 Å². The number of ether oxygens (including phenoxy) is 1. The highest BCUT2D eigenvalue weighted by atomic mass is 35.5. The Balaban J connectivity index is 1.52. The van der Waals surface area contributed by atoms with E-state index in [-0.39, 0.29) is 24.3 Å². The molecule has 0 spiro atoms. The van der Waals surface area contributed by atoms with Gasteiger partial charge >= 0.3 is 5.97 Å². The normalized spacial score (nSPS) is 11.7. The van der Waals surface area contributed by atoms with Gasteiger partial charge in [-0.15, -0.1) is 5.10 Å². The van der Waals surface area contributed by atoms with Crippen LogP contribution < -0.4 is 10.6 Å². The van der Waals surface area contributed by atoms with Gasteiger partial charge in [0.25, 0.3) is 0 Å². The molecule has 0 aliphatic rings. The van der Waals surface area contributed by atoms with E-state index >= 15 is 0 Å². The van der Waals surface area contributed by atoms with E-state index in [9.17, 15) is 18.8 Å². The van der Waals surface area contributed by atoms with Gasteiger partial charge in [0.2, 0.25) is 11.8 Å². The fraction of sp³-hybridized carbons (Fsp3) is 0.143. The predicted octanol–water partition coefficient (Wildman–Crippen LogP) is 4.01. The number of nitrogens with one attached hydrogen (secondary N) is 2. The summed E-state index contributed by atoms with van der Waals surface area (Å²) < 4.78 is 21.0. The molecular weight excluding hydrogens is 539 g/mol. The summed E-state index contributed by atoms with van der Waals surface area (Å²) >= 11 is 6.14. The summed E-state index contributed by atoms with van der Waals surface area (Å²) in [7, 11) is 0. The Hall–Kier alpha value is -4.90. The van der Waals surface area contributed by atoms with Gasteiger partial charge in [-0.25, -0.2) is 9.18 Å². The number of esters is 1. The van der Waals surface area contributed by atoms with Crippen LogP contribution in [0.25, 0.3) is 11.8 Å². The summed E-state index contributed by atoms with van der Waals surface area (Å²) in [6, 6.07) is 16.6. The molecule has 40 heavy (non-hydrogen) atoms. The molecule has 0 saturated heterocycles. The molecule has 0 bridgehead atoms. The zero-order chi connectivity index (χ0) is 28.5. The Morgan fingerprint density at radius 2 is 1.90 bits per heavy atom. The Morgan fingerprint density at radius 1 is 1.10 bits per heavy atom. The number of carbonyl (C=O) groups excluding carboxylic acids is 3. The molecule has 0 aliphatic heterocycles. The molecule has 1 aromatic heterocycles. The highest BCUT2D eigenvalue weighted by Gasteiger charge is 2.22. The van der Waals surface area contributed by atoms with Crippen molar-refractivity contribution in [1.82, 2.24) is 25.5 Å². The van der Waals surface area contributed by atoms with Crippen molar-refractivity contribution in [2.75, 3.05) is 11.9 Å². The number of tetrazole rings is 1. The van der Waals surface area contributed by atoms with Gasteiger partial charge < -0.3 is 15.4 Å². The number of anilines is 1. The average molecular weight is 563 g/mol. The first-order valence-corrected chi connectivity index (χ1v) is 12.5. The highest BCUT2D eigenvalue weighted by Crippen LogP contribution is 2.21. The molecule has 0 saturated carbocycles. The van der Waals surface area contributed by atoms with Crippen LogP contribution in [0.4, 0.5) is 10.1 Å². The molecule has 12 heteroatoms. The van der Waals surface area contributed by atoms with Crippen molar-refractivity contribution >= 4 is 41.1 Å². The number of amides is 2. The second-order valence-electron chi connectivity index (χ2n) is 8.45. The van der Waals surface area contributed by atoms with E-state index in [4.69, 9.17) is 16.3 Å². The monoisotopic (exact) mass is 562 g/mol. The molecule has 2 amide bonds. The van der Waals surface area contributed by atoms with Gasteiger partial charge in [-0.3, -0.25) is 9.59 Å². The maximum absolute atomic E-state index is 14.7. The Bertz CT molecular complexity index is 1530. The summed E-state index contributed by atoms with van der Waals surface area (Å²) in [6.45, 7) is 1.78. The van der Waals surface area contributed by atoms with Gasteiger partial charge in [0, 0.05) is 23.1 Å². The smallest absolute Gasteiger partial charge is 0.338 e. The molecule has 4 aromatic rings. The van der Waals surface area contributed by atoms with Crippen molar-refractivity contribution in [2.24, 2.45) is 0 Å². The Morgan fingerprint density at radius 3 is 2.60 bits per heavy atom. The first kappa shape index (κ1) is 28.1. The van der Waals surface area contributed by atoms with Gasteiger partial charge in [-0.05, 0) is 65.4 Å². The first-order valence-electron chi connectivity index (χ1n) is 12.2. The van der Waals surface area contributed by atoms with Crippen LogP contribution in [0.3, 0.4) is 0 Å². The van der Waals surface area contributed by atoms with Crippen LogP contribution >= 0.6 is 11.6 Å². The Kier molecular flexibility index (Phi) is 9.31. The maximum atomic E-state index is 14.7. The lowest BCUT2D eigenvalue weighted by atomic mass is 10.0. The molecule has 4 rings (SSSR count). The average Bonchev–Trinajstić information content (AvgIpc) is 3.48. The minimum atomic E-state index is -1.05.